The van der Waals surface area contributed by atoms with E-state index in [1.54, 1.807) is 32.9 Å². The summed E-state index contributed by atoms with van der Waals surface area (Å²) in [5.74, 6) is -1.97. The second-order valence-corrected chi connectivity index (χ2v) is 7.02. The number of fused-ring (bicyclic) bond motifs is 2. The van der Waals surface area contributed by atoms with E-state index >= 15 is 0 Å². The fourth-order valence-electron chi connectivity index (χ4n) is 2.75. The molecule has 26 heavy (non-hydrogen) atoms. The van der Waals surface area contributed by atoms with Gasteiger partial charge in [-0.05, 0) is 38.8 Å². The van der Waals surface area contributed by atoms with E-state index in [-0.39, 0.29) is 12.3 Å². The van der Waals surface area contributed by atoms with Crippen LogP contribution in [0.2, 0.25) is 0 Å². The molecule has 2 amide bonds. The summed E-state index contributed by atoms with van der Waals surface area (Å²) in [5, 5.41) is 14.4. The summed E-state index contributed by atoms with van der Waals surface area (Å²) in [6, 6.07) is 1.94. The van der Waals surface area contributed by atoms with Gasteiger partial charge in [0.25, 0.3) is 0 Å². The molecule has 140 valence electrons. The van der Waals surface area contributed by atoms with Crippen molar-refractivity contribution in [3.63, 3.8) is 0 Å². The van der Waals surface area contributed by atoms with Gasteiger partial charge in [0, 0.05) is 11.8 Å². The van der Waals surface area contributed by atoms with Crippen molar-refractivity contribution in [1.29, 1.82) is 0 Å². The van der Waals surface area contributed by atoms with Crippen LogP contribution in [0, 0.1) is 0 Å². The van der Waals surface area contributed by atoms with Crippen LogP contribution in [0.1, 0.15) is 38.7 Å². The molecule has 10 heteroatoms. The number of amides is 2. The van der Waals surface area contributed by atoms with E-state index in [2.05, 4.69) is 21.1 Å². The molecule has 0 saturated carbocycles. The zero-order valence-corrected chi connectivity index (χ0v) is 14.4. The largest absolute Gasteiger partial charge is 0.480 e. The Balaban J connectivity index is 1.77. The molecule has 0 fully saturated rings. The molecule has 0 spiro atoms. The molecule has 2 heterocycles. The molecule has 0 aromatic heterocycles. The van der Waals surface area contributed by atoms with Crippen LogP contribution < -0.4 is 21.0 Å². The molecule has 4 N–H and O–H groups in total. The standard InChI is InChI=1S/C16H19N3O7/c1-16(2,3)24-15(23)18-11(14(21)22)5-8-7-4-10-12(25-26-19-10)6-9(7)17-13(8)20/h4,6,8,11,19H,5H2,1-3H3,(H,17,20)(H,18,23)(H,21,22)/t8?,11-/m0/s1. The number of hydrogen-bond acceptors (Lipinski definition) is 7. The SMILES string of the molecule is CC(C)(C)OC(=O)N[C@@H](CC1C(=O)Nc2cc3c(cc21)NOO3)C(=O)O. The molecule has 2 atom stereocenters. The van der Waals surface area contributed by atoms with Gasteiger partial charge < -0.3 is 25.4 Å². The number of alkyl carbamates (subject to hydrolysis) is 1. The number of anilines is 2. The minimum atomic E-state index is -1.29. The van der Waals surface area contributed by atoms with Gasteiger partial charge in [-0.2, -0.15) is 0 Å². The minimum Gasteiger partial charge on any atom is -0.480 e. The van der Waals surface area contributed by atoms with Gasteiger partial charge >= 0.3 is 12.1 Å². The van der Waals surface area contributed by atoms with Crippen LogP contribution >= 0.6 is 0 Å². The maximum atomic E-state index is 12.3. The predicted octanol–water partition coefficient (Wildman–Crippen LogP) is 1.74. The van der Waals surface area contributed by atoms with Crippen LogP contribution in [0.25, 0.3) is 0 Å². The number of aliphatic carboxylic acids is 1. The number of carbonyl (C=O) groups excluding carboxylic acids is 2. The van der Waals surface area contributed by atoms with Crippen molar-refractivity contribution >= 4 is 29.3 Å². The van der Waals surface area contributed by atoms with Gasteiger partial charge in [0.1, 0.15) is 17.3 Å². The number of ether oxygens (including phenoxy) is 1. The number of rotatable bonds is 4. The van der Waals surface area contributed by atoms with Crippen LogP contribution in [0.4, 0.5) is 16.2 Å². The van der Waals surface area contributed by atoms with Crippen molar-refractivity contribution < 1.29 is 34.1 Å². The summed E-state index contributed by atoms with van der Waals surface area (Å²) < 4.78 is 5.08. The molecule has 0 bridgehead atoms. The van der Waals surface area contributed by atoms with Gasteiger partial charge in [0.2, 0.25) is 5.91 Å². The van der Waals surface area contributed by atoms with Crippen molar-refractivity contribution in [3.05, 3.63) is 17.7 Å². The predicted molar refractivity (Wildman–Crippen MR) is 88.6 cm³/mol. The molecule has 2 aliphatic heterocycles. The summed E-state index contributed by atoms with van der Waals surface area (Å²) in [6.45, 7) is 5.00. The van der Waals surface area contributed by atoms with Crippen LogP contribution in [-0.4, -0.2) is 34.7 Å². The first-order valence-electron chi connectivity index (χ1n) is 7.95. The number of nitrogens with one attached hydrogen (secondary N) is 3. The van der Waals surface area contributed by atoms with E-state index in [0.717, 1.165) is 0 Å². The Morgan fingerprint density at radius 3 is 2.73 bits per heavy atom. The first-order valence-corrected chi connectivity index (χ1v) is 7.95. The van der Waals surface area contributed by atoms with E-state index in [9.17, 15) is 19.5 Å². The summed E-state index contributed by atoms with van der Waals surface area (Å²) in [5.41, 5.74) is 3.39. The van der Waals surface area contributed by atoms with Crippen molar-refractivity contribution in [2.45, 2.75) is 44.8 Å². The number of hydrogen-bond donors (Lipinski definition) is 4. The van der Waals surface area contributed by atoms with E-state index in [1.165, 1.54) is 0 Å². The molecule has 2 aliphatic rings. The Morgan fingerprint density at radius 2 is 2.08 bits per heavy atom. The van der Waals surface area contributed by atoms with Gasteiger partial charge in [-0.15, -0.1) is 0 Å². The number of carboxylic acid groups (broad SMARTS) is 1. The Morgan fingerprint density at radius 1 is 1.35 bits per heavy atom. The maximum absolute atomic E-state index is 12.3. The molecule has 3 rings (SSSR count). The van der Waals surface area contributed by atoms with E-state index in [1.807, 2.05) is 0 Å². The number of carbonyl (C=O) groups is 3. The van der Waals surface area contributed by atoms with Crippen molar-refractivity contribution in [2.75, 3.05) is 10.8 Å². The first kappa shape index (κ1) is 17.8. The Bertz CT molecular complexity index is 772. The smallest absolute Gasteiger partial charge is 0.408 e. The first-order chi connectivity index (χ1) is 12.1. The van der Waals surface area contributed by atoms with E-state index in [4.69, 9.17) is 9.62 Å². The average Bonchev–Trinajstić information content (AvgIpc) is 3.06. The lowest BCUT2D eigenvalue weighted by Gasteiger charge is -2.23. The normalized spacial score (nSPS) is 18.7. The van der Waals surface area contributed by atoms with Gasteiger partial charge in [-0.1, -0.05) is 4.99 Å². The van der Waals surface area contributed by atoms with Crippen LogP contribution in [-0.2, 0) is 19.3 Å². The van der Waals surface area contributed by atoms with Gasteiger partial charge in [-0.3, -0.25) is 4.79 Å². The lowest BCUT2D eigenvalue weighted by Crippen LogP contribution is -2.44. The summed E-state index contributed by atoms with van der Waals surface area (Å²) in [4.78, 5) is 45.2. The Hall–Kier alpha value is -3.01. The fraction of sp³-hybridized carbons (Fsp3) is 0.438. The highest BCUT2D eigenvalue weighted by Crippen LogP contribution is 2.43. The van der Waals surface area contributed by atoms with Crippen molar-refractivity contribution in [2.24, 2.45) is 0 Å². The topological polar surface area (TPSA) is 135 Å². The summed E-state index contributed by atoms with van der Waals surface area (Å²) in [7, 11) is 0. The summed E-state index contributed by atoms with van der Waals surface area (Å²) >= 11 is 0. The second kappa shape index (κ2) is 6.37. The Kier molecular flexibility index (Phi) is 4.36. The lowest BCUT2D eigenvalue weighted by atomic mass is 9.93. The highest BCUT2D eigenvalue weighted by molar-refractivity contribution is 6.04. The third kappa shape index (κ3) is 3.64. The molecular weight excluding hydrogens is 346 g/mol. The zero-order valence-electron chi connectivity index (χ0n) is 14.4. The molecule has 1 aromatic rings. The molecule has 0 aliphatic carbocycles. The quantitative estimate of drug-likeness (QED) is 0.593. The minimum absolute atomic E-state index is 0.131. The van der Waals surface area contributed by atoms with E-state index in [0.29, 0.717) is 22.7 Å². The van der Waals surface area contributed by atoms with Gasteiger partial charge in [0.15, 0.2) is 5.75 Å². The monoisotopic (exact) mass is 365 g/mol. The van der Waals surface area contributed by atoms with Crippen LogP contribution in [0.5, 0.6) is 5.75 Å². The highest BCUT2D eigenvalue weighted by atomic mass is 17.3. The maximum Gasteiger partial charge on any atom is 0.408 e. The van der Waals surface area contributed by atoms with Crippen molar-refractivity contribution in [3.8, 4) is 5.75 Å². The number of carboxylic acids is 1. The lowest BCUT2D eigenvalue weighted by molar-refractivity contribution is -0.160. The molecule has 1 aromatic carbocycles. The molecule has 1 unspecified atom stereocenters. The summed E-state index contributed by atoms with van der Waals surface area (Å²) in [6.07, 6.45) is -0.991. The van der Waals surface area contributed by atoms with Crippen molar-refractivity contribution in [1.82, 2.24) is 5.32 Å². The third-order valence-corrected chi connectivity index (χ3v) is 3.85. The second-order valence-electron chi connectivity index (χ2n) is 7.02. The average molecular weight is 365 g/mol. The van der Waals surface area contributed by atoms with Crippen LogP contribution in [0.15, 0.2) is 12.1 Å². The highest BCUT2D eigenvalue weighted by Gasteiger charge is 2.37. The fourth-order valence-corrected chi connectivity index (χ4v) is 2.75. The molecule has 0 radical (unpaired) electrons. The zero-order chi connectivity index (χ0) is 19.1. The molecular formula is C16H19N3O7. The van der Waals surface area contributed by atoms with Gasteiger partial charge in [0.05, 0.1) is 5.92 Å². The number of benzene rings is 1. The third-order valence-electron chi connectivity index (χ3n) is 3.85. The van der Waals surface area contributed by atoms with Crippen LogP contribution in [0.3, 0.4) is 0 Å². The van der Waals surface area contributed by atoms with E-state index < -0.39 is 29.6 Å². The molecule has 10 nitrogen and oxygen atoms in total. The van der Waals surface area contributed by atoms with Gasteiger partial charge in [-0.25, -0.2) is 15.1 Å². The Labute approximate surface area is 148 Å². The molecule has 0 saturated heterocycles.